The molecule has 0 radical (unpaired) electrons. The van der Waals surface area contributed by atoms with Gasteiger partial charge in [-0.05, 0) is 38.4 Å². The van der Waals surface area contributed by atoms with Crippen molar-refractivity contribution in [3.63, 3.8) is 0 Å². The van der Waals surface area contributed by atoms with Crippen LogP contribution in [0.4, 0.5) is 0 Å². The number of rotatable bonds is 7. The number of ether oxygens (including phenoxy) is 1. The number of nitrogens with one attached hydrogen (secondary N) is 1. The van der Waals surface area contributed by atoms with E-state index in [4.69, 9.17) is 16.3 Å². The Kier molecular flexibility index (Phi) is 6.46. The van der Waals surface area contributed by atoms with Crippen molar-refractivity contribution in [1.82, 2.24) is 5.32 Å². The second kappa shape index (κ2) is 7.66. The zero-order valence-electron chi connectivity index (χ0n) is 10.0. The average molecular weight is 242 g/mol. The van der Waals surface area contributed by atoms with Gasteiger partial charge in [0, 0.05) is 24.3 Å². The molecule has 0 saturated heterocycles. The van der Waals surface area contributed by atoms with Gasteiger partial charge in [-0.3, -0.25) is 0 Å². The third-order valence-corrected chi connectivity index (χ3v) is 2.84. The Morgan fingerprint density at radius 1 is 1.38 bits per heavy atom. The Balaban J connectivity index is 2.30. The molecule has 0 aliphatic carbocycles. The van der Waals surface area contributed by atoms with Crippen LogP contribution in [0.25, 0.3) is 0 Å². The predicted molar refractivity (Wildman–Crippen MR) is 69.0 cm³/mol. The van der Waals surface area contributed by atoms with Gasteiger partial charge in [-0.1, -0.05) is 29.8 Å². The van der Waals surface area contributed by atoms with Crippen LogP contribution in [0, 0.1) is 0 Å². The summed E-state index contributed by atoms with van der Waals surface area (Å²) in [5, 5.41) is 4.26. The molecule has 0 aromatic heterocycles. The highest BCUT2D eigenvalue weighted by Gasteiger charge is 2.07. The lowest BCUT2D eigenvalue weighted by Gasteiger charge is -2.15. The molecule has 16 heavy (non-hydrogen) atoms. The van der Waals surface area contributed by atoms with E-state index >= 15 is 0 Å². The zero-order valence-corrected chi connectivity index (χ0v) is 10.8. The minimum atomic E-state index is 0.287. The molecule has 0 spiro atoms. The van der Waals surface area contributed by atoms with Crippen LogP contribution >= 0.6 is 11.6 Å². The third-order valence-electron chi connectivity index (χ3n) is 2.49. The van der Waals surface area contributed by atoms with Crippen LogP contribution in [-0.4, -0.2) is 19.8 Å². The molecule has 2 nitrogen and oxygen atoms in total. The summed E-state index contributed by atoms with van der Waals surface area (Å²) in [5.41, 5.74) is 1.15. The first-order valence-corrected chi connectivity index (χ1v) is 6.19. The van der Waals surface area contributed by atoms with Crippen LogP contribution < -0.4 is 5.32 Å². The van der Waals surface area contributed by atoms with E-state index in [9.17, 15) is 0 Å². The number of benzene rings is 1. The molecule has 0 aliphatic heterocycles. The monoisotopic (exact) mass is 241 g/mol. The average Bonchev–Trinajstić information content (AvgIpc) is 2.29. The summed E-state index contributed by atoms with van der Waals surface area (Å²) in [7, 11) is 0. The molecule has 0 aliphatic rings. The van der Waals surface area contributed by atoms with Crippen LogP contribution in [0.2, 0.25) is 5.02 Å². The second-order valence-electron chi connectivity index (χ2n) is 3.75. The van der Waals surface area contributed by atoms with Gasteiger partial charge in [0.05, 0.1) is 0 Å². The van der Waals surface area contributed by atoms with Crippen molar-refractivity contribution in [1.29, 1.82) is 0 Å². The van der Waals surface area contributed by atoms with E-state index in [1.807, 2.05) is 25.1 Å². The van der Waals surface area contributed by atoms with E-state index in [0.29, 0.717) is 0 Å². The fraction of sp³-hybridized carbons (Fsp3) is 0.538. The molecule has 0 amide bonds. The van der Waals surface area contributed by atoms with Crippen molar-refractivity contribution in [2.45, 2.75) is 26.3 Å². The van der Waals surface area contributed by atoms with Crippen molar-refractivity contribution < 1.29 is 4.74 Å². The van der Waals surface area contributed by atoms with Gasteiger partial charge in [0.2, 0.25) is 0 Å². The Morgan fingerprint density at radius 2 is 2.12 bits per heavy atom. The van der Waals surface area contributed by atoms with Gasteiger partial charge in [-0.2, -0.15) is 0 Å². The molecular formula is C13H20ClNO. The van der Waals surface area contributed by atoms with E-state index in [0.717, 1.165) is 36.8 Å². The molecule has 0 saturated carbocycles. The molecule has 3 heteroatoms. The van der Waals surface area contributed by atoms with Crippen molar-refractivity contribution in [3.8, 4) is 0 Å². The minimum absolute atomic E-state index is 0.287. The van der Waals surface area contributed by atoms with Crippen molar-refractivity contribution >= 4 is 11.6 Å². The first kappa shape index (κ1) is 13.5. The summed E-state index contributed by atoms with van der Waals surface area (Å²) in [6, 6.07) is 8.24. The van der Waals surface area contributed by atoms with Crippen molar-refractivity contribution in [2.75, 3.05) is 19.8 Å². The number of halogens is 1. The highest BCUT2D eigenvalue weighted by atomic mass is 35.5. The van der Waals surface area contributed by atoms with Crippen LogP contribution in [0.3, 0.4) is 0 Å². The SMILES string of the molecule is CCOCCCN[C@H](C)c1ccccc1Cl. The molecule has 0 fully saturated rings. The molecule has 1 atom stereocenters. The second-order valence-corrected chi connectivity index (χ2v) is 4.16. The molecule has 0 heterocycles. The van der Waals surface area contributed by atoms with Crippen LogP contribution in [0.15, 0.2) is 24.3 Å². The normalized spacial score (nSPS) is 12.7. The summed E-state index contributed by atoms with van der Waals surface area (Å²) < 4.78 is 5.28. The van der Waals surface area contributed by atoms with E-state index < -0.39 is 0 Å². The van der Waals surface area contributed by atoms with Gasteiger partial charge < -0.3 is 10.1 Å². The maximum Gasteiger partial charge on any atom is 0.0477 e. The fourth-order valence-electron chi connectivity index (χ4n) is 1.57. The molecule has 90 valence electrons. The van der Waals surface area contributed by atoms with Crippen LogP contribution in [-0.2, 0) is 4.74 Å². The van der Waals surface area contributed by atoms with Crippen LogP contribution in [0.5, 0.6) is 0 Å². The molecule has 1 aromatic carbocycles. The number of hydrogen-bond acceptors (Lipinski definition) is 2. The largest absolute Gasteiger partial charge is 0.382 e. The predicted octanol–water partition coefficient (Wildman–Crippen LogP) is 3.42. The van der Waals surface area contributed by atoms with E-state index in [-0.39, 0.29) is 6.04 Å². The van der Waals surface area contributed by atoms with Crippen LogP contribution in [0.1, 0.15) is 31.9 Å². The third kappa shape index (κ3) is 4.52. The lowest BCUT2D eigenvalue weighted by molar-refractivity contribution is 0.144. The summed E-state index contributed by atoms with van der Waals surface area (Å²) in [4.78, 5) is 0. The highest BCUT2D eigenvalue weighted by Crippen LogP contribution is 2.21. The minimum Gasteiger partial charge on any atom is -0.382 e. The maximum absolute atomic E-state index is 6.12. The fourth-order valence-corrected chi connectivity index (χ4v) is 1.87. The molecule has 1 rings (SSSR count). The van der Waals surface area contributed by atoms with E-state index in [2.05, 4.69) is 18.3 Å². The standard InChI is InChI=1S/C13H20ClNO/c1-3-16-10-6-9-15-11(2)12-7-4-5-8-13(12)14/h4-5,7-8,11,15H,3,6,9-10H2,1-2H3/t11-/m1/s1. The Morgan fingerprint density at radius 3 is 2.81 bits per heavy atom. The van der Waals surface area contributed by atoms with E-state index in [1.54, 1.807) is 0 Å². The van der Waals surface area contributed by atoms with Gasteiger partial charge in [-0.25, -0.2) is 0 Å². The maximum atomic E-state index is 6.12. The van der Waals surface area contributed by atoms with Crippen molar-refractivity contribution in [3.05, 3.63) is 34.9 Å². The zero-order chi connectivity index (χ0) is 11.8. The lowest BCUT2D eigenvalue weighted by Crippen LogP contribution is -2.21. The lowest BCUT2D eigenvalue weighted by atomic mass is 10.1. The topological polar surface area (TPSA) is 21.3 Å². The quantitative estimate of drug-likeness (QED) is 0.739. The van der Waals surface area contributed by atoms with E-state index in [1.165, 1.54) is 0 Å². The van der Waals surface area contributed by atoms with Gasteiger partial charge in [0.1, 0.15) is 0 Å². The highest BCUT2D eigenvalue weighted by molar-refractivity contribution is 6.31. The van der Waals surface area contributed by atoms with Gasteiger partial charge in [0.15, 0.2) is 0 Å². The molecule has 0 bridgehead atoms. The van der Waals surface area contributed by atoms with Gasteiger partial charge >= 0.3 is 0 Å². The van der Waals surface area contributed by atoms with Gasteiger partial charge in [0.25, 0.3) is 0 Å². The summed E-state index contributed by atoms with van der Waals surface area (Å²) in [6.07, 6.45) is 1.03. The number of hydrogen-bond donors (Lipinski definition) is 1. The Hall–Kier alpha value is -0.570. The smallest absolute Gasteiger partial charge is 0.0477 e. The molecular weight excluding hydrogens is 222 g/mol. The Labute approximate surface area is 103 Å². The molecule has 0 unspecified atom stereocenters. The summed E-state index contributed by atoms with van der Waals surface area (Å²) >= 11 is 6.12. The van der Waals surface area contributed by atoms with Crippen molar-refractivity contribution in [2.24, 2.45) is 0 Å². The molecule has 1 aromatic rings. The first-order chi connectivity index (χ1) is 7.75. The van der Waals surface area contributed by atoms with Gasteiger partial charge in [-0.15, -0.1) is 0 Å². The first-order valence-electron chi connectivity index (χ1n) is 5.81. The summed E-state index contributed by atoms with van der Waals surface area (Å²) in [5.74, 6) is 0. The molecule has 1 N–H and O–H groups in total. The Bertz CT molecular complexity index is 304. The summed E-state index contributed by atoms with van der Waals surface area (Å²) in [6.45, 7) is 6.70.